The lowest BCUT2D eigenvalue weighted by atomic mass is 10.1. The molecule has 1 fully saturated rings. The van der Waals surface area contributed by atoms with E-state index in [4.69, 9.17) is 10.5 Å². The predicted molar refractivity (Wildman–Crippen MR) is 64.6 cm³/mol. The Morgan fingerprint density at radius 2 is 2.12 bits per heavy atom. The lowest BCUT2D eigenvalue weighted by molar-refractivity contribution is -0.0586. The summed E-state index contributed by atoms with van der Waals surface area (Å²) in [6.45, 7) is 5.11. The summed E-state index contributed by atoms with van der Waals surface area (Å²) in [5, 5.41) is 0. The first-order valence-electron chi connectivity index (χ1n) is 5.73. The standard InChI is InChI=1S/C12H17N3O2/c1-8-6-15(7-9(2)17-8)12(16)10-4-3-5-14-11(10)13/h3-5,8-9H,6-7H2,1-2H3,(H2,13,14)/t8-,9+. The normalized spacial score (nSPS) is 24.7. The molecule has 5 heteroatoms. The number of carbonyl (C=O) groups is 1. The molecule has 0 saturated carbocycles. The van der Waals surface area contributed by atoms with E-state index in [-0.39, 0.29) is 23.9 Å². The van der Waals surface area contributed by atoms with Gasteiger partial charge in [-0.05, 0) is 26.0 Å². The van der Waals surface area contributed by atoms with Crippen molar-refractivity contribution in [1.29, 1.82) is 0 Å². The number of morpholine rings is 1. The van der Waals surface area contributed by atoms with Crippen LogP contribution in [-0.4, -0.2) is 41.1 Å². The summed E-state index contributed by atoms with van der Waals surface area (Å²) in [7, 11) is 0. The monoisotopic (exact) mass is 235 g/mol. The van der Waals surface area contributed by atoms with Gasteiger partial charge in [0.1, 0.15) is 5.82 Å². The Balaban J connectivity index is 2.17. The fraction of sp³-hybridized carbons (Fsp3) is 0.500. The molecule has 2 heterocycles. The fourth-order valence-corrected chi connectivity index (χ4v) is 2.11. The van der Waals surface area contributed by atoms with Crippen molar-refractivity contribution in [2.24, 2.45) is 0 Å². The molecule has 1 aliphatic heterocycles. The molecular weight excluding hydrogens is 218 g/mol. The van der Waals surface area contributed by atoms with Crippen LogP contribution in [0.3, 0.4) is 0 Å². The molecule has 1 aromatic rings. The lowest BCUT2D eigenvalue weighted by Crippen LogP contribution is -2.48. The highest BCUT2D eigenvalue weighted by Crippen LogP contribution is 2.16. The molecule has 1 aromatic heterocycles. The molecule has 1 saturated heterocycles. The number of hydrogen-bond acceptors (Lipinski definition) is 4. The average Bonchev–Trinajstić information content (AvgIpc) is 2.27. The van der Waals surface area contributed by atoms with Gasteiger partial charge in [-0.2, -0.15) is 0 Å². The minimum absolute atomic E-state index is 0.0561. The van der Waals surface area contributed by atoms with Crippen LogP contribution < -0.4 is 5.73 Å². The largest absolute Gasteiger partial charge is 0.383 e. The maximum absolute atomic E-state index is 12.3. The zero-order chi connectivity index (χ0) is 12.4. The molecule has 17 heavy (non-hydrogen) atoms. The summed E-state index contributed by atoms with van der Waals surface area (Å²) >= 11 is 0. The zero-order valence-electron chi connectivity index (χ0n) is 10.1. The Kier molecular flexibility index (Phi) is 3.28. The maximum Gasteiger partial charge on any atom is 0.257 e. The molecule has 0 bridgehead atoms. The van der Waals surface area contributed by atoms with Crippen molar-refractivity contribution >= 4 is 11.7 Å². The van der Waals surface area contributed by atoms with Crippen LogP contribution in [0.2, 0.25) is 0 Å². The number of nitrogens with zero attached hydrogens (tertiary/aromatic N) is 2. The Morgan fingerprint density at radius 1 is 1.47 bits per heavy atom. The van der Waals surface area contributed by atoms with Gasteiger partial charge in [0.15, 0.2) is 0 Å². The number of rotatable bonds is 1. The summed E-state index contributed by atoms with van der Waals surface area (Å²) < 4.78 is 5.59. The first kappa shape index (κ1) is 11.9. The number of ether oxygens (including phenoxy) is 1. The molecule has 1 aliphatic rings. The van der Waals surface area contributed by atoms with Crippen molar-refractivity contribution in [3.05, 3.63) is 23.9 Å². The van der Waals surface area contributed by atoms with Gasteiger partial charge >= 0.3 is 0 Å². The van der Waals surface area contributed by atoms with Gasteiger partial charge in [0.25, 0.3) is 5.91 Å². The van der Waals surface area contributed by atoms with Gasteiger partial charge in [-0.25, -0.2) is 4.98 Å². The summed E-state index contributed by atoms with van der Waals surface area (Å²) in [6.07, 6.45) is 1.69. The Hall–Kier alpha value is -1.62. The van der Waals surface area contributed by atoms with E-state index in [2.05, 4.69) is 4.98 Å². The maximum atomic E-state index is 12.3. The van der Waals surface area contributed by atoms with Gasteiger partial charge < -0.3 is 15.4 Å². The number of anilines is 1. The minimum Gasteiger partial charge on any atom is -0.383 e. The van der Waals surface area contributed by atoms with Crippen LogP contribution in [0, 0.1) is 0 Å². The molecule has 0 aromatic carbocycles. The Morgan fingerprint density at radius 3 is 2.71 bits per heavy atom. The number of amides is 1. The van der Waals surface area contributed by atoms with E-state index in [9.17, 15) is 4.79 Å². The number of nitrogen functional groups attached to an aromatic ring is 1. The van der Waals surface area contributed by atoms with Gasteiger partial charge in [0.2, 0.25) is 0 Å². The van der Waals surface area contributed by atoms with Crippen molar-refractivity contribution < 1.29 is 9.53 Å². The number of aromatic nitrogens is 1. The van der Waals surface area contributed by atoms with Crippen molar-refractivity contribution in [2.75, 3.05) is 18.8 Å². The first-order valence-corrected chi connectivity index (χ1v) is 5.73. The highest BCUT2D eigenvalue weighted by molar-refractivity contribution is 5.98. The second-order valence-corrected chi connectivity index (χ2v) is 4.40. The van der Waals surface area contributed by atoms with Crippen LogP contribution in [0.25, 0.3) is 0 Å². The number of carbonyl (C=O) groups excluding carboxylic acids is 1. The van der Waals surface area contributed by atoms with Crippen LogP contribution >= 0.6 is 0 Å². The Bertz CT molecular complexity index is 412. The molecular formula is C12H17N3O2. The topological polar surface area (TPSA) is 68.5 Å². The summed E-state index contributed by atoms with van der Waals surface area (Å²) in [5.41, 5.74) is 6.17. The highest BCUT2D eigenvalue weighted by atomic mass is 16.5. The molecule has 92 valence electrons. The third-order valence-corrected chi connectivity index (χ3v) is 2.78. The molecule has 0 aliphatic carbocycles. The molecule has 0 unspecified atom stereocenters. The number of nitrogens with two attached hydrogens (primary N) is 1. The van der Waals surface area contributed by atoms with Crippen LogP contribution in [0.4, 0.5) is 5.82 Å². The predicted octanol–water partition coefficient (Wildman–Crippen LogP) is 0.913. The van der Waals surface area contributed by atoms with Crippen molar-refractivity contribution in [3.63, 3.8) is 0 Å². The zero-order valence-corrected chi connectivity index (χ0v) is 10.1. The summed E-state index contributed by atoms with van der Waals surface area (Å²) in [6, 6.07) is 3.42. The molecule has 1 amide bonds. The molecule has 5 nitrogen and oxygen atoms in total. The summed E-state index contributed by atoms with van der Waals surface area (Å²) in [4.78, 5) is 18.0. The molecule has 0 radical (unpaired) electrons. The van der Waals surface area contributed by atoms with Gasteiger partial charge in [0.05, 0.1) is 17.8 Å². The van der Waals surface area contributed by atoms with Crippen molar-refractivity contribution in [3.8, 4) is 0 Å². The third-order valence-electron chi connectivity index (χ3n) is 2.78. The highest BCUT2D eigenvalue weighted by Gasteiger charge is 2.27. The SMILES string of the molecule is C[C@@H]1CN(C(=O)c2cccnc2N)C[C@H](C)O1. The number of hydrogen-bond donors (Lipinski definition) is 1. The van der Waals surface area contributed by atoms with E-state index in [1.54, 1.807) is 23.2 Å². The summed E-state index contributed by atoms with van der Waals surface area (Å²) in [5.74, 6) is 0.210. The number of pyridine rings is 1. The van der Waals surface area contributed by atoms with Gasteiger partial charge in [-0.1, -0.05) is 0 Å². The van der Waals surface area contributed by atoms with Gasteiger partial charge in [-0.15, -0.1) is 0 Å². The van der Waals surface area contributed by atoms with Crippen LogP contribution in [-0.2, 0) is 4.74 Å². The first-order chi connectivity index (χ1) is 8.08. The van der Waals surface area contributed by atoms with Crippen LogP contribution in [0.1, 0.15) is 24.2 Å². The van der Waals surface area contributed by atoms with E-state index >= 15 is 0 Å². The van der Waals surface area contributed by atoms with Gasteiger partial charge in [0, 0.05) is 19.3 Å². The van der Waals surface area contributed by atoms with E-state index in [1.807, 2.05) is 13.8 Å². The molecule has 2 atom stereocenters. The van der Waals surface area contributed by atoms with E-state index in [0.717, 1.165) is 0 Å². The van der Waals surface area contributed by atoms with Crippen LogP contribution in [0.5, 0.6) is 0 Å². The molecule has 2 N–H and O–H groups in total. The van der Waals surface area contributed by atoms with E-state index in [1.165, 1.54) is 0 Å². The van der Waals surface area contributed by atoms with Crippen LogP contribution in [0.15, 0.2) is 18.3 Å². The second kappa shape index (κ2) is 4.71. The Labute approximate surface area is 101 Å². The quantitative estimate of drug-likeness (QED) is 0.785. The minimum atomic E-state index is -0.0717. The smallest absolute Gasteiger partial charge is 0.257 e. The van der Waals surface area contributed by atoms with E-state index in [0.29, 0.717) is 18.7 Å². The molecule has 2 rings (SSSR count). The van der Waals surface area contributed by atoms with Crippen molar-refractivity contribution in [1.82, 2.24) is 9.88 Å². The van der Waals surface area contributed by atoms with E-state index < -0.39 is 0 Å². The lowest BCUT2D eigenvalue weighted by Gasteiger charge is -2.35. The average molecular weight is 235 g/mol. The second-order valence-electron chi connectivity index (χ2n) is 4.40. The van der Waals surface area contributed by atoms with Gasteiger partial charge in [-0.3, -0.25) is 4.79 Å². The molecule has 0 spiro atoms. The third kappa shape index (κ3) is 2.55. The van der Waals surface area contributed by atoms with Crippen molar-refractivity contribution in [2.45, 2.75) is 26.1 Å². The fourth-order valence-electron chi connectivity index (χ4n) is 2.11.